The molecular formula is C12H15N3O. The Labute approximate surface area is 94.2 Å². The summed E-state index contributed by atoms with van der Waals surface area (Å²) in [6.45, 7) is 5.42. The van der Waals surface area contributed by atoms with E-state index in [9.17, 15) is 4.79 Å². The lowest BCUT2D eigenvalue weighted by Crippen LogP contribution is -2.20. The molecule has 0 spiro atoms. The minimum atomic E-state index is 0.0313. The van der Waals surface area contributed by atoms with Crippen molar-refractivity contribution in [2.45, 2.75) is 26.9 Å². The number of rotatable bonds is 3. The Balaban J connectivity index is 2.31. The van der Waals surface area contributed by atoms with E-state index in [0.717, 1.165) is 17.8 Å². The minimum Gasteiger partial charge on any atom is -0.333 e. The average Bonchev–Trinajstić information content (AvgIpc) is 2.69. The molecule has 0 aliphatic carbocycles. The third kappa shape index (κ3) is 2.05. The molecule has 0 atom stereocenters. The zero-order valence-electron chi connectivity index (χ0n) is 9.55. The van der Waals surface area contributed by atoms with Crippen molar-refractivity contribution in [2.24, 2.45) is 0 Å². The van der Waals surface area contributed by atoms with Gasteiger partial charge < -0.3 is 9.13 Å². The van der Waals surface area contributed by atoms with Crippen molar-refractivity contribution >= 4 is 0 Å². The molecular weight excluding hydrogens is 202 g/mol. The van der Waals surface area contributed by atoms with E-state index in [-0.39, 0.29) is 5.56 Å². The van der Waals surface area contributed by atoms with Crippen LogP contribution in [0.5, 0.6) is 0 Å². The van der Waals surface area contributed by atoms with Crippen LogP contribution in [0.3, 0.4) is 0 Å². The highest BCUT2D eigenvalue weighted by atomic mass is 16.1. The summed E-state index contributed by atoms with van der Waals surface area (Å²) in [5.74, 6) is 0. The second-order valence-electron chi connectivity index (χ2n) is 3.84. The lowest BCUT2D eigenvalue weighted by atomic mass is 10.3. The summed E-state index contributed by atoms with van der Waals surface area (Å²) in [5, 5.41) is 0. The molecule has 2 heterocycles. The van der Waals surface area contributed by atoms with Gasteiger partial charge in [-0.3, -0.25) is 4.79 Å². The number of hydrogen-bond donors (Lipinski definition) is 0. The average molecular weight is 217 g/mol. The highest BCUT2D eigenvalue weighted by Gasteiger charge is 2.02. The molecule has 0 radical (unpaired) electrons. The standard InChI is InChI=1S/C12H15N3O/c1-3-14-9-13-7-11(14)8-15-5-4-10(2)6-12(15)16/h4-7,9H,3,8H2,1-2H3. The summed E-state index contributed by atoms with van der Waals surface area (Å²) < 4.78 is 3.72. The molecule has 0 fully saturated rings. The Hall–Kier alpha value is -1.84. The smallest absolute Gasteiger partial charge is 0.251 e. The lowest BCUT2D eigenvalue weighted by molar-refractivity contribution is 0.655. The van der Waals surface area contributed by atoms with Gasteiger partial charge in [-0.15, -0.1) is 0 Å². The van der Waals surface area contributed by atoms with Gasteiger partial charge >= 0.3 is 0 Å². The minimum absolute atomic E-state index is 0.0313. The van der Waals surface area contributed by atoms with Gasteiger partial charge in [0.25, 0.3) is 5.56 Å². The number of aromatic nitrogens is 3. The monoisotopic (exact) mass is 217 g/mol. The Morgan fingerprint density at radius 3 is 2.88 bits per heavy atom. The van der Waals surface area contributed by atoms with E-state index in [2.05, 4.69) is 11.9 Å². The van der Waals surface area contributed by atoms with E-state index >= 15 is 0 Å². The molecule has 0 aromatic carbocycles. The molecule has 0 unspecified atom stereocenters. The molecule has 2 aromatic heterocycles. The Kier molecular flexibility index (Phi) is 2.90. The van der Waals surface area contributed by atoms with E-state index in [1.807, 2.05) is 23.8 Å². The van der Waals surface area contributed by atoms with Crippen LogP contribution >= 0.6 is 0 Å². The quantitative estimate of drug-likeness (QED) is 0.780. The number of hydrogen-bond acceptors (Lipinski definition) is 2. The Morgan fingerprint density at radius 1 is 1.38 bits per heavy atom. The lowest BCUT2D eigenvalue weighted by Gasteiger charge is -2.07. The van der Waals surface area contributed by atoms with E-state index in [0.29, 0.717) is 6.54 Å². The fourth-order valence-electron chi connectivity index (χ4n) is 1.68. The van der Waals surface area contributed by atoms with Gasteiger partial charge in [0.2, 0.25) is 0 Å². The van der Waals surface area contributed by atoms with Gasteiger partial charge in [0.15, 0.2) is 0 Å². The zero-order valence-corrected chi connectivity index (χ0v) is 9.55. The van der Waals surface area contributed by atoms with E-state index in [4.69, 9.17) is 0 Å². The van der Waals surface area contributed by atoms with Gasteiger partial charge in [-0.05, 0) is 25.5 Å². The van der Waals surface area contributed by atoms with Crippen LogP contribution in [0.15, 0.2) is 35.6 Å². The Bertz CT molecular complexity index is 539. The normalized spacial score (nSPS) is 10.6. The summed E-state index contributed by atoms with van der Waals surface area (Å²) in [4.78, 5) is 15.8. The van der Waals surface area contributed by atoms with Gasteiger partial charge in [0.1, 0.15) is 0 Å². The molecule has 0 saturated carbocycles. The maximum absolute atomic E-state index is 11.7. The third-order valence-electron chi connectivity index (χ3n) is 2.62. The first-order valence-electron chi connectivity index (χ1n) is 5.37. The van der Waals surface area contributed by atoms with Crippen LogP contribution in [-0.4, -0.2) is 14.1 Å². The van der Waals surface area contributed by atoms with Crippen LogP contribution in [-0.2, 0) is 13.1 Å². The zero-order chi connectivity index (χ0) is 11.5. The number of imidazole rings is 1. The summed E-state index contributed by atoms with van der Waals surface area (Å²) >= 11 is 0. The molecule has 0 aliphatic rings. The topological polar surface area (TPSA) is 39.8 Å². The number of nitrogens with zero attached hydrogens (tertiary/aromatic N) is 3. The first-order valence-corrected chi connectivity index (χ1v) is 5.37. The Morgan fingerprint density at radius 2 is 2.19 bits per heavy atom. The van der Waals surface area contributed by atoms with Crippen molar-refractivity contribution in [1.29, 1.82) is 0 Å². The predicted octanol–water partition coefficient (Wildman–Crippen LogP) is 1.42. The maximum atomic E-state index is 11.7. The molecule has 84 valence electrons. The van der Waals surface area contributed by atoms with Crippen molar-refractivity contribution in [3.63, 3.8) is 0 Å². The third-order valence-corrected chi connectivity index (χ3v) is 2.62. The molecule has 0 aliphatic heterocycles. The second-order valence-corrected chi connectivity index (χ2v) is 3.84. The van der Waals surface area contributed by atoms with Crippen LogP contribution in [0.1, 0.15) is 18.2 Å². The molecule has 0 amide bonds. The van der Waals surface area contributed by atoms with Gasteiger partial charge in [-0.25, -0.2) is 4.98 Å². The molecule has 0 N–H and O–H groups in total. The van der Waals surface area contributed by atoms with Crippen LogP contribution in [0.2, 0.25) is 0 Å². The van der Waals surface area contributed by atoms with Gasteiger partial charge in [-0.1, -0.05) is 0 Å². The highest BCUT2D eigenvalue weighted by Crippen LogP contribution is 2.01. The molecule has 0 bridgehead atoms. The van der Waals surface area contributed by atoms with Crippen LogP contribution in [0.25, 0.3) is 0 Å². The van der Waals surface area contributed by atoms with Gasteiger partial charge in [0, 0.05) is 25.0 Å². The van der Waals surface area contributed by atoms with Crippen molar-refractivity contribution in [3.05, 3.63) is 52.5 Å². The maximum Gasteiger partial charge on any atom is 0.251 e. The van der Waals surface area contributed by atoms with Crippen molar-refractivity contribution in [3.8, 4) is 0 Å². The molecule has 4 nitrogen and oxygen atoms in total. The summed E-state index contributed by atoms with van der Waals surface area (Å²) in [6, 6.07) is 3.58. The van der Waals surface area contributed by atoms with E-state index in [1.54, 1.807) is 23.2 Å². The van der Waals surface area contributed by atoms with E-state index < -0.39 is 0 Å². The second kappa shape index (κ2) is 4.35. The molecule has 16 heavy (non-hydrogen) atoms. The summed E-state index contributed by atoms with van der Waals surface area (Å²) in [6.07, 6.45) is 5.41. The largest absolute Gasteiger partial charge is 0.333 e. The number of aryl methyl sites for hydroxylation is 2. The van der Waals surface area contributed by atoms with Crippen molar-refractivity contribution < 1.29 is 0 Å². The summed E-state index contributed by atoms with van der Waals surface area (Å²) in [5.41, 5.74) is 2.07. The van der Waals surface area contributed by atoms with Crippen LogP contribution in [0.4, 0.5) is 0 Å². The molecule has 2 aromatic rings. The fourth-order valence-corrected chi connectivity index (χ4v) is 1.68. The van der Waals surface area contributed by atoms with Crippen molar-refractivity contribution in [1.82, 2.24) is 14.1 Å². The molecule has 4 heteroatoms. The first-order chi connectivity index (χ1) is 7.70. The van der Waals surface area contributed by atoms with E-state index in [1.165, 1.54) is 0 Å². The fraction of sp³-hybridized carbons (Fsp3) is 0.333. The SMILES string of the molecule is CCn1cncc1Cn1ccc(C)cc1=O. The summed E-state index contributed by atoms with van der Waals surface area (Å²) in [7, 11) is 0. The first kappa shape index (κ1) is 10.7. The number of pyridine rings is 1. The van der Waals surface area contributed by atoms with Gasteiger partial charge in [-0.2, -0.15) is 0 Å². The van der Waals surface area contributed by atoms with Crippen LogP contribution in [0, 0.1) is 6.92 Å². The molecule has 0 saturated heterocycles. The highest BCUT2D eigenvalue weighted by molar-refractivity contribution is 5.10. The van der Waals surface area contributed by atoms with Crippen LogP contribution < -0.4 is 5.56 Å². The van der Waals surface area contributed by atoms with Crippen molar-refractivity contribution in [2.75, 3.05) is 0 Å². The van der Waals surface area contributed by atoms with Gasteiger partial charge in [0.05, 0.1) is 18.6 Å². The molecule has 2 rings (SSSR count). The predicted molar refractivity (Wildman–Crippen MR) is 62.4 cm³/mol.